The molecule has 2 aromatic rings. The van der Waals surface area contributed by atoms with E-state index in [1.54, 1.807) is 0 Å². The zero-order valence-electron chi connectivity index (χ0n) is 14.8. The molecule has 0 aliphatic carbocycles. The molecule has 1 aromatic heterocycles. The van der Waals surface area contributed by atoms with E-state index in [9.17, 15) is 18.0 Å². The Hall–Kier alpha value is -2.55. The van der Waals surface area contributed by atoms with E-state index in [-0.39, 0.29) is 12.5 Å². The van der Waals surface area contributed by atoms with Gasteiger partial charge in [0.05, 0.1) is 0 Å². The van der Waals surface area contributed by atoms with Crippen molar-refractivity contribution in [2.45, 2.75) is 12.7 Å². The molecule has 0 spiro atoms. The van der Waals surface area contributed by atoms with E-state index in [4.69, 9.17) is 0 Å². The molecule has 1 amide bonds. The third-order valence-corrected chi connectivity index (χ3v) is 4.48. The van der Waals surface area contributed by atoms with Crippen LogP contribution in [0.15, 0.2) is 42.6 Å². The summed E-state index contributed by atoms with van der Waals surface area (Å²) in [4.78, 5) is 16.5. The topological polar surface area (TPSA) is 53.4 Å². The highest BCUT2D eigenvalue weighted by Gasteiger charge is 2.33. The lowest BCUT2D eigenvalue weighted by molar-refractivity contribution is -0.141. The first-order valence-corrected chi connectivity index (χ1v) is 8.81. The van der Waals surface area contributed by atoms with Crippen LogP contribution < -0.4 is 10.2 Å². The fourth-order valence-corrected chi connectivity index (χ4v) is 3.03. The molecule has 3 rings (SSSR count). The van der Waals surface area contributed by atoms with Crippen molar-refractivity contribution in [2.24, 2.45) is 0 Å². The first-order valence-electron chi connectivity index (χ1n) is 8.81. The Morgan fingerprint density at radius 3 is 2.41 bits per heavy atom. The van der Waals surface area contributed by atoms with Gasteiger partial charge >= 0.3 is 6.18 Å². The molecule has 0 unspecified atom stereocenters. The molecule has 6 nitrogen and oxygen atoms in total. The van der Waals surface area contributed by atoms with E-state index < -0.39 is 11.9 Å². The van der Waals surface area contributed by atoms with Gasteiger partial charge in [-0.1, -0.05) is 18.2 Å². The molecule has 0 bridgehead atoms. The number of halogens is 3. The Morgan fingerprint density at radius 2 is 1.78 bits per heavy atom. The molecule has 1 fully saturated rings. The van der Waals surface area contributed by atoms with Gasteiger partial charge in [0.15, 0.2) is 5.69 Å². The van der Waals surface area contributed by atoms with Crippen molar-refractivity contribution in [2.75, 3.05) is 44.2 Å². The van der Waals surface area contributed by atoms with Crippen LogP contribution in [0.4, 0.5) is 18.9 Å². The monoisotopic (exact) mass is 381 g/mol. The number of rotatable bonds is 6. The minimum atomic E-state index is -4.50. The van der Waals surface area contributed by atoms with Gasteiger partial charge in [0, 0.05) is 51.2 Å². The summed E-state index contributed by atoms with van der Waals surface area (Å²) < 4.78 is 38.5. The smallest absolute Gasteiger partial charge is 0.369 e. The van der Waals surface area contributed by atoms with Gasteiger partial charge < -0.3 is 10.2 Å². The van der Waals surface area contributed by atoms with E-state index in [0.29, 0.717) is 13.1 Å². The number of carbonyl (C=O) groups is 1. The van der Waals surface area contributed by atoms with Gasteiger partial charge in [-0.3, -0.25) is 14.4 Å². The van der Waals surface area contributed by atoms with E-state index in [1.165, 1.54) is 5.69 Å². The van der Waals surface area contributed by atoms with Crippen molar-refractivity contribution >= 4 is 11.6 Å². The van der Waals surface area contributed by atoms with Crippen molar-refractivity contribution in [3.63, 3.8) is 0 Å². The number of nitrogens with one attached hydrogen (secondary N) is 1. The highest BCUT2D eigenvalue weighted by molar-refractivity contribution is 5.75. The third-order valence-electron chi connectivity index (χ3n) is 4.48. The van der Waals surface area contributed by atoms with E-state index in [1.807, 2.05) is 18.2 Å². The first kappa shape index (κ1) is 19.2. The minimum Gasteiger partial charge on any atom is -0.369 e. The number of alkyl halides is 3. The summed E-state index contributed by atoms with van der Waals surface area (Å²) in [5.41, 5.74) is 0.217. The van der Waals surface area contributed by atoms with Gasteiger partial charge in [0.2, 0.25) is 5.91 Å². The normalized spacial score (nSPS) is 15.7. The number of nitrogens with zero attached hydrogens (tertiary/aromatic N) is 4. The summed E-state index contributed by atoms with van der Waals surface area (Å²) in [5, 5.41) is 6.10. The van der Waals surface area contributed by atoms with Crippen LogP contribution in [0.1, 0.15) is 5.69 Å². The molecular weight excluding hydrogens is 359 g/mol. The van der Waals surface area contributed by atoms with Crippen molar-refractivity contribution in [3.8, 4) is 0 Å². The lowest BCUT2D eigenvalue weighted by atomic mass is 10.2. The van der Waals surface area contributed by atoms with Gasteiger partial charge in [-0.05, 0) is 18.2 Å². The van der Waals surface area contributed by atoms with Gasteiger partial charge in [0.1, 0.15) is 6.54 Å². The average Bonchev–Trinajstić information content (AvgIpc) is 3.12. The summed E-state index contributed by atoms with van der Waals surface area (Å²) in [6, 6.07) is 11.1. The molecule has 1 aliphatic heterocycles. The molecular formula is C18H22F3N5O. The van der Waals surface area contributed by atoms with Crippen molar-refractivity contribution < 1.29 is 18.0 Å². The van der Waals surface area contributed by atoms with Crippen LogP contribution in [0.3, 0.4) is 0 Å². The highest BCUT2D eigenvalue weighted by atomic mass is 19.4. The Bertz CT molecular complexity index is 739. The van der Waals surface area contributed by atoms with Crippen LogP contribution in [0.25, 0.3) is 0 Å². The Balaban J connectivity index is 1.35. The number of amides is 1. The summed E-state index contributed by atoms with van der Waals surface area (Å²) in [6.45, 7) is 4.59. The van der Waals surface area contributed by atoms with Crippen molar-refractivity contribution in [1.29, 1.82) is 0 Å². The van der Waals surface area contributed by atoms with Crippen LogP contribution in [0.5, 0.6) is 0 Å². The summed E-state index contributed by atoms with van der Waals surface area (Å²) in [7, 11) is 0. The standard InChI is InChI=1S/C18H22F3N5O/c19-18(20,21)16-6-8-26(23-16)14-17(27)22-7-9-24-10-12-25(13-11-24)15-4-2-1-3-5-15/h1-6,8H,7,9-14H2,(H,22,27). The van der Waals surface area contributed by atoms with Gasteiger partial charge in [0.25, 0.3) is 0 Å². The number of aromatic nitrogens is 2. The predicted octanol–water partition coefficient (Wildman–Crippen LogP) is 1.84. The quantitative estimate of drug-likeness (QED) is 0.830. The largest absolute Gasteiger partial charge is 0.435 e. The summed E-state index contributed by atoms with van der Waals surface area (Å²) in [6.07, 6.45) is -3.34. The maximum absolute atomic E-state index is 12.5. The summed E-state index contributed by atoms with van der Waals surface area (Å²) in [5.74, 6) is -0.352. The maximum atomic E-state index is 12.5. The number of hydrogen-bond acceptors (Lipinski definition) is 4. The molecule has 1 saturated heterocycles. The number of hydrogen-bond donors (Lipinski definition) is 1. The fourth-order valence-electron chi connectivity index (χ4n) is 3.03. The van der Waals surface area contributed by atoms with Gasteiger partial charge in [-0.2, -0.15) is 18.3 Å². The highest BCUT2D eigenvalue weighted by Crippen LogP contribution is 2.27. The molecule has 1 N–H and O–H groups in total. The summed E-state index contributed by atoms with van der Waals surface area (Å²) >= 11 is 0. The third kappa shape index (κ3) is 5.46. The lowest BCUT2D eigenvalue weighted by Crippen LogP contribution is -2.48. The average molecular weight is 381 g/mol. The molecule has 1 aliphatic rings. The second-order valence-corrected chi connectivity index (χ2v) is 6.41. The molecule has 9 heteroatoms. The predicted molar refractivity (Wildman–Crippen MR) is 95.3 cm³/mol. The van der Waals surface area contributed by atoms with Crippen LogP contribution in [-0.2, 0) is 17.5 Å². The number of para-hydroxylation sites is 1. The van der Waals surface area contributed by atoms with E-state index >= 15 is 0 Å². The maximum Gasteiger partial charge on any atom is 0.435 e. The fraction of sp³-hybridized carbons (Fsp3) is 0.444. The van der Waals surface area contributed by atoms with Crippen molar-refractivity contribution in [3.05, 3.63) is 48.3 Å². The van der Waals surface area contributed by atoms with Crippen LogP contribution >= 0.6 is 0 Å². The van der Waals surface area contributed by atoms with Crippen molar-refractivity contribution in [1.82, 2.24) is 20.0 Å². The van der Waals surface area contributed by atoms with E-state index in [0.717, 1.165) is 43.1 Å². The lowest BCUT2D eigenvalue weighted by Gasteiger charge is -2.36. The first-order chi connectivity index (χ1) is 12.9. The van der Waals surface area contributed by atoms with Gasteiger partial charge in [-0.25, -0.2) is 0 Å². The number of carbonyl (C=O) groups excluding carboxylic acids is 1. The van der Waals surface area contributed by atoms with Crippen LogP contribution in [-0.4, -0.2) is 59.9 Å². The molecule has 0 atom stereocenters. The van der Waals surface area contributed by atoms with Crippen LogP contribution in [0.2, 0.25) is 0 Å². The molecule has 146 valence electrons. The second-order valence-electron chi connectivity index (χ2n) is 6.41. The van der Waals surface area contributed by atoms with Crippen LogP contribution in [0, 0.1) is 0 Å². The van der Waals surface area contributed by atoms with E-state index in [2.05, 4.69) is 32.3 Å². The zero-order chi connectivity index (χ0) is 19.3. The molecule has 27 heavy (non-hydrogen) atoms. The number of anilines is 1. The second kappa shape index (κ2) is 8.43. The Kier molecular flexibility index (Phi) is 6.00. The molecule has 1 aromatic carbocycles. The SMILES string of the molecule is O=C(Cn1ccc(C(F)(F)F)n1)NCCN1CCN(c2ccccc2)CC1. The molecule has 2 heterocycles. The Morgan fingerprint density at radius 1 is 1.07 bits per heavy atom. The molecule has 0 saturated carbocycles. The zero-order valence-corrected chi connectivity index (χ0v) is 14.8. The van der Waals surface area contributed by atoms with Gasteiger partial charge in [-0.15, -0.1) is 0 Å². The minimum absolute atomic E-state index is 0.224. The molecule has 0 radical (unpaired) electrons. The number of piperazine rings is 1. The number of benzene rings is 1. The Labute approximate surface area is 155 Å².